The first-order valence-electron chi connectivity index (χ1n) is 11.8. The van der Waals surface area contributed by atoms with E-state index in [4.69, 9.17) is 9.47 Å². The highest BCUT2D eigenvalue weighted by Crippen LogP contribution is 2.43. The number of rotatable bonds is 5. The summed E-state index contributed by atoms with van der Waals surface area (Å²) in [6.45, 7) is 7.76. The van der Waals surface area contributed by atoms with Crippen molar-refractivity contribution in [3.05, 3.63) is 88.5 Å². The summed E-state index contributed by atoms with van der Waals surface area (Å²) < 4.78 is 11.8. The molecule has 1 fully saturated rings. The minimum atomic E-state index is -0.303. The number of morpholine rings is 1. The van der Waals surface area contributed by atoms with Crippen LogP contribution in [0.3, 0.4) is 0 Å². The summed E-state index contributed by atoms with van der Waals surface area (Å²) in [7, 11) is 0. The van der Waals surface area contributed by atoms with E-state index in [1.54, 1.807) is 11.8 Å². The normalized spacial score (nSPS) is 17.3. The highest BCUT2D eigenvalue weighted by atomic mass is 32.2. The number of benzene rings is 2. The molecule has 3 aromatic rings. The number of hydrogen-bond donors (Lipinski definition) is 0. The Balaban J connectivity index is 1.64. The van der Waals surface area contributed by atoms with E-state index in [0.29, 0.717) is 26.2 Å². The Morgan fingerprint density at radius 2 is 1.59 bits per heavy atom. The van der Waals surface area contributed by atoms with Crippen molar-refractivity contribution in [2.24, 2.45) is 0 Å². The molecule has 1 aromatic heterocycles. The SMILES string of the molecule is CC1(C)Cc2c(C#N)c(SC(c3ccccc3)c3ccccc3)[nH+]c(N3CCOCC3)c2CO1. The van der Waals surface area contributed by atoms with Crippen molar-refractivity contribution in [2.45, 2.75) is 42.8 Å². The van der Waals surface area contributed by atoms with Gasteiger partial charge in [-0.15, -0.1) is 0 Å². The molecule has 0 radical (unpaired) electrons. The van der Waals surface area contributed by atoms with Gasteiger partial charge in [0.1, 0.15) is 24.7 Å². The lowest BCUT2D eigenvalue weighted by molar-refractivity contribution is -0.415. The summed E-state index contributed by atoms with van der Waals surface area (Å²) in [4.78, 5) is 6.03. The van der Waals surface area contributed by atoms with E-state index in [2.05, 4.69) is 78.3 Å². The first kappa shape index (κ1) is 22.9. The van der Waals surface area contributed by atoms with Crippen molar-refractivity contribution in [3.63, 3.8) is 0 Å². The Kier molecular flexibility index (Phi) is 6.60. The topological polar surface area (TPSA) is 59.6 Å². The van der Waals surface area contributed by atoms with Gasteiger partial charge < -0.3 is 9.47 Å². The predicted octanol–water partition coefficient (Wildman–Crippen LogP) is 4.94. The largest absolute Gasteiger partial charge is 0.373 e. The van der Waals surface area contributed by atoms with Gasteiger partial charge in [-0.25, -0.2) is 4.98 Å². The van der Waals surface area contributed by atoms with Gasteiger partial charge in [-0.1, -0.05) is 72.4 Å². The second kappa shape index (κ2) is 9.79. The maximum absolute atomic E-state index is 10.3. The second-order valence-corrected chi connectivity index (χ2v) is 10.5. The standard InChI is InChI=1S/C28H29N3O2S/c1-28(2)17-22-23(18-29)27(30-26(24(22)19-33-28)31-13-15-32-16-14-31)34-25(20-9-5-3-6-10-20)21-11-7-4-8-12-21/h3-12,25H,13-17,19H2,1-2H3/p+1. The number of thioether (sulfide) groups is 1. The third-order valence-electron chi connectivity index (χ3n) is 6.50. The summed E-state index contributed by atoms with van der Waals surface area (Å²) in [5, 5.41) is 11.3. The van der Waals surface area contributed by atoms with Crippen LogP contribution in [-0.4, -0.2) is 31.9 Å². The first-order valence-corrected chi connectivity index (χ1v) is 12.7. The molecule has 6 heteroatoms. The molecule has 2 aromatic carbocycles. The molecule has 34 heavy (non-hydrogen) atoms. The number of ether oxygens (including phenoxy) is 2. The van der Waals surface area contributed by atoms with Crippen molar-refractivity contribution < 1.29 is 14.5 Å². The number of nitrogens with one attached hydrogen (secondary N) is 1. The molecule has 5 rings (SSSR count). The van der Waals surface area contributed by atoms with E-state index in [1.165, 1.54) is 11.1 Å². The molecule has 0 amide bonds. The number of fused-ring (bicyclic) bond motifs is 1. The molecule has 174 valence electrons. The minimum Gasteiger partial charge on any atom is -0.373 e. The molecule has 1 saturated heterocycles. The van der Waals surface area contributed by atoms with Gasteiger partial charge >= 0.3 is 0 Å². The molecule has 0 spiro atoms. The zero-order valence-corrected chi connectivity index (χ0v) is 20.5. The maximum Gasteiger partial charge on any atom is 0.281 e. The third kappa shape index (κ3) is 4.69. The van der Waals surface area contributed by atoms with Crippen LogP contribution in [0.1, 0.15) is 46.9 Å². The van der Waals surface area contributed by atoms with Crippen LogP contribution >= 0.6 is 11.8 Å². The van der Waals surface area contributed by atoms with Crippen LogP contribution in [0, 0.1) is 11.3 Å². The minimum absolute atomic E-state index is 0.0641. The van der Waals surface area contributed by atoms with Gasteiger partial charge in [-0.2, -0.15) is 5.26 Å². The summed E-state index contributed by atoms with van der Waals surface area (Å²) >= 11 is 1.72. The molecule has 1 N–H and O–H groups in total. The number of hydrogen-bond acceptors (Lipinski definition) is 5. The number of aromatic amines is 1. The molecule has 0 aliphatic carbocycles. The highest BCUT2D eigenvalue weighted by Gasteiger charge is 2.37. The zero-order chi connectivity index (χ0) is 23.5. The molecular weight excluding hydrogens is 442 g/mol. The first-order chi connectivity index (χ1) is 16.6. The predicted molar refractivity (Wildman–Crippen MR) is 134 cm³/mol. The fraction of sp³-hybridized carbons (Fsp3) is 0.357. The number of aromatic nitrogens is 1. The Morgan fingerprint density at radius 3 is 2.18 bits per heavy atom. The van der Waals surface area contributed by atoms with Crippen LogP contribution in [0.4, 0.5) is 5.82 Å². The number of nitriles is 1. The Bertz CT molecular complexity index is 1150. The Labute approximate surface area is 205 Å². The molecule has 2 aliphatic heterocycles. The van der Waals surface area contributed by atoms with Gasteiger partial charge in [0.05, 0.1) is 36.2 Å². The average molecular weight is 473 g/mol. The highest BCUT2D eigenvalue weighted by molar-refractivity contribution is 7.99. The number of anilines is 1. The van der Waals surface area contributed by atoms with Crippen molar-refractivity contribution >= 4 is 17.6 Å². The van der Waals surface area contributed by atoms with Crippen LogP contribution in [-0.2, 0) is 22.5 Å². The Morgan fingerprint density at radius 1 is 0.971 bits per heavy atom. The van der Waals surface area contributed by atoms with Gasteiger partial charge in [-0.05, 0) is 30.5 Å². The van der Waals surface area contributed by atoms with Crippen molar-refractivity contribution in [1.29, 1.82) is 5.26 Å². The molecule has 0 unspecified atom stereocenters. The second-order valence-electron chi connectivity index (χ2n) is 9.39. The van der Waals surface area contributed by atoms with Crippen LogP contribution in [0.2, 0.25) is 0 Å². The van der Waals surface area contributed by atoms with Crippen LogP contribution in [0.5, 0.6) is 0 Å². The molecule has 0 saturated carbocycles. The van der Waals surface area contributed by atoms with Gasteiger partial charge in [0, 0.05) is 6.42 Å². The Hall–Kier alpha value is -2.85. The maximum atomic E-state index is 10.3. The van der Waals surface area contributed by atoms with Gasteiger partial charge in [-0.3, -0.25) is 4.90 Å². The summed E-state index contributed by atoms with van der Waals surface area (Å²) in [6.07, 6.45) is 0.714. The zero-order valence-electron chi connectivity index (χ0n) is 19.7. The van der Waals surface area contributed by atoms with Crippen LogP contribution in [0.15, 0.2) is 65.7 Å². The van der Waals surface area contributed by atoms with E-state index in [-0.39, 0.29) is 10.9 Å². The van der Waals surface area contributed by atoms with Crippen molar-refractivity contribution in [2.75, 3.05) is 31.2 Å². The summed E-state index contributed by atoms with van der Waals surface area (Å²) in [5.74, 6) is 1.06. The average Bonchev–Trinajstić information content (AvgIpc) is 2.87. The van der Waals surface area contributed by atoms with Crippen LogP contribution < -0.4 is 9.88 Å². The van der Waals surface area contributed by atoms with E-state index in [9.17, 15) is 5.26 Å². The van der Waals surface area contributed by atoms with E-state index >= 15 is 0 Å². The van der Waals surface area contributed by atoms with Crippen molar-refractivity contribution in [1.82, 2.24) is 0 Å². The summed E-state index contributed by atoms with van der Waals surface area (Å²) in [5.41, 5.74) is 5.09. The molecule has 5 nitrogen and oxygen atoms in total. The number of H-pyrrole nitrogens is 1. The molecular formula is C28H30N3O2S+. The van der Waals surface area contributed by atoms with E-state index < -0.39 is 0 Å². The molecule has 2 aliphatic rings. The molecule has 0 atom stereocenters. The van der Waals surface area contributed by atoms with Crippen LogP contribution in [0.25, 0.3) is 0 Å². The lowest BCUT2D eigenvalue weighted by Gasteiger charge is -2.34. The lowest BCUT2D eigenvalue weighted by Crippen LogP contribution is -2.43. The van der Waals surface area contributed by atoms with Gasteiger partial charge in [0.2, 0.25) is 0 Å². The van der Waals surface area contributed by atoms with Crippen molar-refractivity contribution in [3.8, 4) is 6.07 Å². The van der Waals surface area contributed by atoms with E-state index in [0.717, 1.165) is 40.6 Å². The van der Waals surface area contributed by atoms with E-state index in [1.807, 2.05) is 12.1 Å². The quantitative estimate of drug-likeness (QED) is 0.492. The summed E-state index contributed by atoms with van der Waals surface area (Å²) in [6, 6.07) is 23.6. The fourth-order valence-electron chi connectivity index (χ4n) is 4.74. The lowest BCUT2D eigenvalue weighted by atomic mass is 9.89. The fourth-order valence-corrected chi connectivity index (χ4v) is 6.00. The van der Waals surface area contributed by atoms with Gasteiger partial charge in [0.25, 0.3) is 5.82 Å². The smallest absolute Gasteiger partial charge is 0.281 e. The van der Waals surface area contributed by atoms with Gasteiger partial charge in [0.15, 0.2) is 5.03 Å². The number of nitrogens with zero attached hydrogens (tertiary/aromatic N) is 2. The number of pyridine rings is 1. The third-order valence-corrected chi connectivity index (χ3v) is 7.82. The monoisotopic (exact) mass is 472 g/mol. The molecule has 3 heterocycles. The molecule has 0 bridgehead atoms.